The molecule has 116 valence electrons. The lowest BCUT2D eigenvalue weighted by Crippen LogP contribution is -2.31. The molecular weight excluding hydrogens is 292 g/mol. The Morgan fingerprint density at radius 3 is 2.67 bits per heavy atom. The average Bonchev–Trinajstić information content (AvgIpc) is 2.98. The van der Waals surface area contributed by atoms with Crippen molar-refractivity contribution in [2.24, 2.45) is 5.92 Å². The van der Waals surface area contributed by atoms with Crippen molar-refractivity contribution in [3.8, 4) is 0 Å². The lowest BCUT2D eigenvalue weighted by atomic mass is 10.1. The van der Waals surface area contributed by atoms with Gasteiger partial charge in [-0.2, -0.15) is 0 Å². The average molecular weight is 312 g/mol. The minimum absolute atomic E-state index is 0.0887. The molecular formula is C14H20N2O4S. The fraction of sp³-hybridized carbons (Fsp3) is 0.500. The molecule has 1 aromatic rings. The van der Waals surface area contributed by atoms with Crippen molar-refractivity contribution in [1.29, 1.82) is 0 Å². The Hall–Kier alpha value is -1.44. The Kier molecular flexibility index (Phi) is 5.33. The second-order valence-electron chi connectivity index (χ2n) is 5.15. The third-order valence-electron chi connectivity index (χ3n) is 3.49. The highest BCUT2D eigenvalue weighted by Crippen LogP contribution is 2.10. The van der Waals surface area contributed by atoms with Crippen LogP contribution in [0, 0.1) is 5.92 Å². The molecule has 1 aromatic carbocycles. The van der Waals surface area contributed by atoms with E-state index in [1.54, 1.807) is 24.3 Å². The Morgan fingerprint density at radius 1 is 1.38 bits per heavy atom. The van der Waals surface area contributed by atoms with Gasteiger partial charge in [-0.1, -0.05) is 12.1 Å². The maximum Gasteiger partial charge on any atom is 0.337 e. The van der Waals surface area contributed by atoms with Crippen molar-refractivity contribution in [2.45, 2.75) is 12.2 Å². The van der Waals surface area contributed by atoms with Gasteiger partial charge in [-0.05, 0) is 43.1 Å². The van der Waals surface area contributed by atoms with Gasteiger partial charge in [0.15, 0.2) is 0 Å². The zero-order valence-electron chi connectivity index (χ0n) is 12.0. The number of nitrogens with one attached hydrogen (secondary N) is 2. The molecule has 1 heterocycles. The third kappa shape index (κ3) is 4.80. The van der Waals surface area contributed by atoms with Crippen LogP contribution in [0.1, 0.15) is 22.3 Å². The van der Waals surface area contributed by atoms with Gasteiger partial charge in [0.1, 0.15) is 0 Å². The molecule has 6 nitrogen and oxygen atoms in total. The summed E-state index contributed by atoms with van der Waals surface area (Å²) >= 11 is 0. The number of ether oxygens (including phenoxy) is 1. The van der Waals surface area contributed by atoms with Crippen LogP contribution in [0.25, 0.3) is 0 Å². The van der Waals surface area contributed by atoms with Crippen LogP contribution in [-0.4, -0.2) is 41.1 Å². The third-order valence-corrected chi connectivity index (χ3v) is 4.81. The summed E-state index contributed by atoms with van der Waals surface area (Å²) in [5, 5.41) is 3.20. The van der Waals surface area contributed by atoms with Crippen molar-refractivity contribution in [1.82, 2.24) is 10.0 Å². The highest BCUT2D eigenvalue weighted by molar-refractivity contribution is 7.88. The highest BCUT2D eigenvalue weighted by Gasteiger charge is 2.18. The van der Waals surface area contributed by atoms with E-state index in [2.05, 4.69) is 14.8 Å². The van der Waals surface area contributed by atoms with Gasteiger partial charge in [-0.25, -0.2) is 17.9 Å². The molecule has 0 saturated carbocycles. The van der Waals surface area contributed by atoms with E-state index in [4.69, 9.17) is 0 Å². The van der Waals surface area contributed by atoms with Crippen molar-refractivity contribution in [3.05, 3.63) is 35.4 Å². The Balaban J connectivity index is 1.91. The van der Waals surface area contributed by atoms with Crippen molar-refractivity contribution >= 4 is 16.0 Å². The summed E-state index contributed by atoms with van der Waals surface area (Å²) in [6.07, 6.45) is 0.996. The topological polar surface area (TPSA) is 84.5 Å². The molecule has 0 bridgehead atoms. The second-order valence-corrected chi connectivity index (χ2v) is 6.96. The van der Waals surface area contributed by atoms with E-state index in [1.807, 2.05) is 0 Å². The monoisotopic (exact) mass is 312 g/mol. The number of rotatable bonds is 6. The number of hydrogen-bond acceptors (Lipinski definition) is 5. The number of carbonyl (C=O) groups is 1. The first-order valence-electron chi connectivity index (χ1n) is 6.85. The molecule has 0 amide bonds. The first-order valence-corrected chi connectivity index (χ1v) is 8.51. The molecule has 0 aliphatic carbocycles. The second kappa shape index (κ2) is 7.02. The molecule has 1 saturated heterocycles. The minimum Gasteiger partial charge on any atom is -0.465 e. The van der Waals surface area contributed by atoms with Crippen LogP contribution >= 0.6 is 0 Å². The number of hydrogen-bond donors (Lipinski definition) is 2. The molecule has 0 spiro atoms. The summed E-state index contributed by atoms with van der Waals surface area (Å²) in [5.41, 5.74) is 1.04. The standard InChI is InChI=1S/C14H20N2O4S/c1-20-14(17)13-4-2-11(3-5-13)10-21(18,19)16-9-12-6-7-15-8-12/h2-5,12,15-16H,6-10H2,1H3. The van der Waals surface area contributed by atoms with Crippen molar-refractivity contribution in [3.63, 3.8) is 0 Å². The van der Waals surface area contributed by atoms with E-state index in [0.717, 1.165) is 19.5 Å². The highest BCUT2D eigenvalue weighted by atomic mass is 32.2. The summed E-state index contributed by atoms with van der Waals surface area (Å²) in [6.45, 7) is 2.27. The largest absolute Gasteiger partial charge is 0.465 e. The summed E-state index contributed by atoms with van der Waals surface area (Å²) in [6, 6.07) is 6.39. The van der Waals surface area contributed by atoms with E-state index < -0.39 is 16.0 Å². The van der Waals surface area contributed by atoms with Crippen LogP contribution in [-0.2, 0) is 20.5 Å². The van der Waals surface area contributed by atoms with Crippen LogP contribution in [0.3, 0.4) is 0 Å². The number of methoxy groups -OCH3 is 1. The van der Waals surface area contributed by atoms with Crippen LogP contribution < -0.4 is 10.0 Å². The zero-order chi connectivity index (χ0) is 15.3. The van der Waals surface area contributed by atoms with Crippen LogP contribution in [0.4, 0.5) is 0 Å². The lowest BCUT2D eigenvalue weighted by Gasteiger charge is -2.11. The van der Waals surface area contributed by atoms with Gasteiger partial charge in [0, 0.05) is 6.54 Å². The number of benzene rings is 1. The fourth-order valence-electron chi connectivity index (χ4n) is 2.26. The predicted octanol–water partition coefficient (Wildman–Crippen LogP) is 0.502. The van der Waals surface area contributed by atoms with Crippen LogP contribution in [0.15, 0.2) is 24.3 Å². The number of esters is 1. The van der Waals surface area contributed by atoms with Gasteiger partial charge in [0.2, 0.25) is 10.0 Å². The molecule has 1 atom stereocenters. The minimum atomic E-state index is -3.35. The summed E-state index contributed by atoms with van der Waals surface area (Å²) in [7, 11) is -2.05. The lowest BCUT2D eigenvalue weighted by molar-refractivity contribution is 0.0600. The predicted molar refractivity (Wildman–Crippen MR) is 79.4 cm³/mol. The van der Waals surface area contributed by atoms with Crippen LogP contribution in [0.5, 0.6) is 0 Å². The van der Waals surface area contributed by atoms with Gasteiger partial charge in [-0.3, -0.25) is 0 Å². The van der Waals surface area contributed by atoms with E-state index in [0.29, 0.717) is 23.6 Å². The molecule has 0 radical (unpaired) electrons. The molecule has 2 rings (SSSR count). The van der Waals surface area contributed by atoms with Gasteiger partial charge in [0.05, 0.1) is 18.4 Å². The molecule has 1 aliphatic rings. The van der Waals surface area contributed by atoms with E-state index in [9.17, 15) is 13.2 Å². The van der Waals surface area contributed by atoms with Gasteiger partial charge < -0.3 is 10.1 Å². The fourth-order valence-corrected chi connectivity index (χ4v) is 3.48. The smallest absolute Gasteiger partial charge is 0.337 e. The van der Waals surface area contributed by atoms with E-state index >= 15 is 0 Å². The Labute approximate surface area is 124 Å². The van der Waals surface area contributed by atoms with Crippen LogP contribution in [0.2, 0.25) is 0 Å². The van der Waals surface area contributed by atoms with Crippen molar-refractivity contribution in [2.75, 3.05) is 26.7 Å². The van der Waals surface area contributed by atoms with E-state index in [1.165, 1.54) is 7.11 Å². The molecule has 7 heteroatoms. The Morgan fingerprint density at radius 2 is 2.10 bits per heavy atom. The first kappa shape index (κ1) is 15.9. The molecule has 1 unspecified atom stereocenters. The molecule has 1 fully saturated rings. The normalized spacial score (nSPS) is 18.6. The molecule has 2 N–H and O–H groups in total. The number of carbonyl (C=O) groups excluding carboxylic acids is 1. The number of sulfonamides is 1. The van der Waals surface area contributed by atoms with Gasteiger partial charge >= 0.3 is 5.97 Å². The molecule has 21 heavy (non-hydrogen) atoms. The summed E-state index contributed by atoms with van der Waals surface area (Å²) in [5.74, 6) is -0.160. The summed E-state index contributed by atoms with van der Waals surface area (Å²) < 4.78 is 31.3. The maximum absolute atomic E-state index is 12.0. The first-order chi connectivity index (χ1) is 10.00. The SMILES string of the molecule is COC(=O)c1ccc(CS(=O)(=O)NCC2CCNC2)cc1. The van der Waals surface area contributed by atoms with Gasteiger partial charge in [0.25, 0.3) is 0 Å². The molecule has 1 aliphatic heterocycles. The quantitative estimate of drug-likeness (QED) is 0.747. The summed E-state index contributed by atoms with van der Waals surface area (Å²) in [4.78, 5) is 11.3. The molecule has 0 aromatic heterocycles. The zero-order valence-corrected chi connectivity index (χ0v) is 12.8. The maximum atomic E-state index is 12.0. The Bertz CT molecular complexity index is 577. The van der Waals surface area contributed by atoms with Gasteiger partial charge in [-0.15, -0.1) is 0 Å². The van der Waals surface area contributed by atoms with Crippen molar-refractivity contribution < 1.29 is 17.9 Å². The van der Waals surface area contributed by atoms with E-state index in [-0.39, 0.29) is 5.75 Å².